The van der Waals surface area contributed by atoms with Crippen molar-refractivity contribution < 1.29 is 19.4 Å². The lowest BCUT2D eigenvalue weighted by Gasteiger charge is -2.18. The Kier molecular flexibility index (Phi) is 5.21. The van der Waals surface area contributed by atoms with E-state index in [0.29, 0.717) is 13.0 Å². The predicted octanol–water partition coefficient (Wildman–Crippen LogP) is 4.69. The Morgan fingerprint density at radius 1 is 1.23 bits per heavy atom. The topological polar surface area (TPSA) is 55.8 Å². The van der Waals surface area contributed by atoms with Crippen LogP contribution in [-0.4, -0.2) is 16.7 Å². The van der Waals surface area contributed by atoms with Crippen molar-refractivity contribution in [3.8, 4) is 11.5 Å². The molecule has 4 nitrogen and oxygen atoms in total. The van der Waals surface area contributed by atoms with Crippen LogP contribution in [0.1, 0.15) is 48.9 Å². The van der Waals surface area contributed by atoms with Crippen LogP contribution in [-0.2, 0) is 24.2 Å². The van der Waals surface area contributed by atoms with Crippen LogP contribution in [0.3, 0.4) is 0 Å². The minimum Gasteiger partial charge on any atom is -0.489 e. The van der Waals surface area contributed by atoms with E-state index in [-0.39, 0.29) is 12.0 Å². The minimum absolute atomic E-state index is 0.164. The van der Waals surface area contributed by atoms with Crippen LogP contribution in [0.4, 0.5) is 0 Å². The summed E-state index contributed by atoms with van der Waals surface area (Å²) in [5, 5.41) is 8.70. The van der Waals surface area contributed by atoms with Gasteiger partial charge in [0.05, 0.1) is 0 Å². The van der Waals surface area contributed by atoms with E-state index in [9.17, 15) is 4.79 Å². The highest BCUT2D eigenvalue weighted by Crippen LogP contribution is 2.38. The summed E-state index contributed by atoms with van der Waals surface area (Å²) in [6, 6.07) is 12.2. The predicted molar refractivity (Wildman–Crippen MR) is 101 cm³/mol. The number of hydrogen-bond donors (Lipinski definition) is 1. The summed E-state index contributed by atoms with van der Waals surface area (Å²) in [6.07, 6.45) is 2.54. The second-order valence-electron chi connectivity index (χ2n) is 7.63. The number of carbonyl (C=O) groups is 1. The summed E-state index contributed by atoms with van der Waals surface area (Å²) in [5.74, 6) is 1.02. The molecule has 0 spiro atoms. The highest BCUT2D eigenvalue weighted by molar-refractivity contribution is 5.66. The van der Waals surface area contributed by atoms with Crippen molar-refractivity contribution in [2.45, 2.75) is 58.7 Å². The fraction of sp³-hybridized carbons (Fsp3) is 0.409. The standard InChI is InChI=1S/C22H26O4/c1-15-11-17-13-22(2,3)26-21(17)18(12-15)14-25-19-9-7-16(8-10-19)5-4-6-20(23)24/h7-12H,4-6,13-14H2,1-3H3,(H,23,24). The van der Waals surface area contributed by atoms with Crippen LogP contribution in [0.5, 0.6) is 11.5 Å². The Morgan fingerprint density at radius 2 is 1.96 bits per heavy atom. The van der Waals surface area contributed by atoms with Gasteiger partial charge in [0.2, 0.25) is 0 Å². The maximum Gasteiger partial charge on any atom is 0.303 e. The third kappa shape index (κ3) is 4.57. The van der Waals surface area contributed by atoms with E-state index in [2.05, 4.69) is 32.9 Å². The number of fused-ring (bicyclic) bond motifs is 1. The molecule has 2 aromatic carbocycles. The smallest absolute Gasteiger partial charge is 0.303 e. The number of carboxylic acid groups (broad SMARTS) is 1. The Labute approximate surface area is 154 Å². The van der Waals surface area contributed by atoms with Gasteiger partial charge >= 0.3 is 5.97 Å². The average molecular weight is 354 g/mol. The van der Waals surface area contributed by atoms with Gasteiger partial charge < -0.3 is 14.6 Å². The monoisotopic (exact) mass is 354 g/mol. The Morgan fingerprint density at radius 3 is 2.65 bits per heavy atom. The highest BCUT2D eigenvalue weighted by Gasteiger charge is 2.32. The molecule has 1 N–H and O–H groups in total. The molecule has 0 aromatic heterocycles. The maximum absolute atomic E-state index is 10.6. The SMILES string of the molecule is Cc1cc(COc2ccc(CCCC(=O)O)cc2)c2c(c1)CC(C)(C)O2. The minimum atomic E-state index is -0.749. The number of aryl methyl sites for hydroxylation is 2. The summed E-state index contributed by atoms with van der Waals surface area (Å²) < 4.78 is 12.1. The third-order valence-corrected chi connectivity index (χ3v) is 4.56. The molecule has 0 amide bonds. The lowest BCUT2D eigenvalue weighted by Crippen LogP contribution is -2.25. The highest BCUT2D eigenvalue weighted by atomic mass is 16.5. The van der Waals surface area contributed by atoms with Crippen LogP contribution in [0, 0.1) is 6.92 Å². The molecule has 0 saturated heterocycles. The van der Waals surface area contributed by atoms with Crippen molar-refractivity contribution in [3.63, 3.8) is 0 Å². The molecule has 1 aliphatic heterocycles. The first-order chi connectivity index (χ1) is 12.3. The molecule has 0 fully saturated rings. The molecule has 138 valence electrons. The van der Waals surface area contributed by atoms with E-state index in [1.807, 2.05) is 24.3 Å². The van der Waals surface area contributed by atoms with Crippen LogP contribution in [0.25, 0.3) is 0 Å². The largest absolute Gasteiger partial charge is 0.489 e. The second kappa shape index (κ2) is 7.40. The number of aliphatic carboxylic acids is 1. The first-order valence-electron chi connectivity index (χ1n) is 9.07. The van der Waals surface area contributed by atoms with Crippen LogP contribution in [0.2, 0.25) is 0 Å². The van der Waals surface area contributed by atoms with E-state index >= 15 is 0 Å². The van der Waals surface area contributed by atoms with Gasteiger partial charge in [0.15, 0.2) is 0 Å². The molecule has 26 heavy (non-hydrogen) atoms. The molecule has 4 heteroatoms. The summed E-state index contributed by atoms with van der Waals surface area (Å²) in [4.78, 5) is 10.6. The van der Waals surface area contributed by atoms with Crippen molar-refractivity contribution in [2.75, 3.05) is 0 Å². The molecule has 0 saturated carbocycles. The normalized spacial score (nSPS) is 14.6. The number of hydrogen-bond acceptors (Lipinski definition) is 3. The number of rotatable bonds is 7. The zero-order valence-electron chi connectivity index (χ0n) is 15.7. The van der Waals surface area contributed by atoms with E-state index < -0.39 is 5.97 Å². The first kappa shape index (κ1) is 18.3. The average Bonchev–Trinajstić information content (AvgIpc) is 2.87. The van der Waals surface area contributed by atoms with Crippen LogP contribution < -0.4 is 9.47 Å². The first-order valence-corrected chi connectivity index (χ1v) is 9.07. The van der Waals surface area contributed by atoms with Gasteiger partial charge in [-0.25, -0.2) is 0 Å². The lowest BCUT2D eigenvalue weighted by atomic mass is 9.99. The molecule has 2 aromatic rings. The van der Waals surface area contributed by atoms with Gasteiger partial charge in [0.25, 0.3) is 0 Å². The molecule has 0 bridgehead atoms. The lowest BCUT2D eigenvalue weighted by molar-refractivity contribution is -0.137. The van der Waals surface area contributed by atoms with E-state index in [1.54, 1.807) is 0 Å². The third-order valence-electron chi connectivity index (χ3n) is 4.56. The second-order valence-corrected chi connectivity index (χ2v) is 7.63. The van der Waals surface area contributed by atoms with Crippen molar-refractivity contribution >= 4 is 5.97 Å². The Balaban J connectivity index is 1.62. The maximum atomic E-state index is 10.6. The molecule has 0 unspecified atom stereocenters. The molecule has 1 heterocycles. The van der Waals surface area contributed by atoms with Crippen molar-refractivity contribution in [1.82, 2.24) is 0 Å². The van der Waals surface area contributed by atoms with Crippen molar-refractivity contribution in [3.05, 3.63) is 58.7 Å². The fourth-order valence-electron chi connectivity index (χ4n) is 3.43. The molecule has 3 rings (SSSR count). The summed E-state index contributed by atoms with van der Waals surface area (Å²) in [7, 11) is 0. The Bertz CT molecular complexity index is 791. The molecular formula is C22H26O4. The summed E-state index contributed by atoms with van der Waals surface area (Å²) in [5.41, 5.74) is 4.51. The molecule has 0 atom stereocenters. The van der Waals surface area contributed by atoms with Gasteiger partial charge in [0.1, 0.15) is 23.7 Å². The molecular weight excluding hydrogens is 328 g/mol. The number of ether oxygens (including phenoxy) is 2. The van der Waals surface area contributed by atoms with E-state index in [1.165, 1.54) is 11.1 Å². The van der Waals surface area contributed by atoms with Gasteiger partial charge in [-0.1, -0.05) is 23.8 Å². The van der Waals surface area contributed by atoms with Crippen LogP contribution in [0.15, 0.2) is 36.4 Å². The van der Waals surface area contributed by atoms with Crippen molar-refractivity contribution in [1.29, 1.82) is 0 Å². The summed E-state index contributed by atoms with van der Waals surface area (Å²) >= 11 is 0. The van der Waals surface area contributed by atoms with Crippen LogP contribution >= 0.6 is 0 Å². The van der Waals surface area contributed by atoms with Gasteiger partial charge in [-0.2, -0.15) is 0 Å². The van der Waals surface area contributed by atoms with E-state index in [0.717, 1.165) is 35.5 Å². The Hall–Kier alpha value is -2.49. The molecule has 0 radical (unpaired) electrons. The van der Waals surface area contributed by atoms with Gasteiger partial charge in [0, 0.05) is 18.4 Å². The zero-order valence-corrected chi connectivity index (χ0v) is 15.7. The summed E-state index contributed by atoms with van der Waals surface area (Å²) in [6.45, 7) is 6.78. The van der Waals surface area contributed by atoms with Gasteiger partial charge in [-0.05, 0) is 62.9 Å². The zero-order chi connectivity index (χ0) is 18.7. The number of carboxylic acids is 1. The fourth-order valence-corrected chi connectivity index (χ4v) is 3.43. The molecule has 0 aliphatic carbocycles. The van der Waals surface area contributed by atoms with Gasteiger partial charge in [-0.3, -0.25) is 4.79 Å². The van der Waals surface area contributed by atoms with E-state index in [4.69, 9.17) is 14.6 Å². The van der Waals surface area contributed by atoms with Gasteiger partial charge in [-0.15, -0.1) is 0 Å². The quantitative estimate of drug-likeness (QED) is 0.783. The van der Waals surface area contributed by atoms with Crippen molar-refractivity contribution in [2.24, 2.45) is 0 Å². The molecule has 1 aliphatic rings. The number of benzene rings is 2.